The molecule has 1 heterocycles. The summed E-state index contributed by atoms with van der Waals surface area (Å²) in [5, 5.41) is 6.24. The van der Waals surface area contributed by atoms with Crippen LogP contribution in [-0.4, -0.2) is 10.9 Å². The average Bonchev–Trinajstić information content (AvgIpc) is 2.64. The van der Waals surface area contributed by atoms with Crippen LogP contribution in [0.4, 0.5) is 17.2 Å². The number of hydrogen-bond donors (Lipinski definition) is 2. The van der Waals surface area contributed by atoms with Crippen LogP contribution in [0.25, 0.3) is 0 Å². The molecule has 0 radical (unpaired) electrons. The third kappa shape index (κ3) is 4.09. The predicted octanol–water partition coefficient (Wildman–Crippen LogP) is 5.51. The van der Waals surface area contributed by atoms with Gasteiger partial charge in [0, 0.05) is 11.3 Å². The lowest BCUT2D eigenvalue weighted by Gasteiger charge is -2.14. The van der Waals surface area contributed by atoms with Gasteiger partial charge in [-0.25, -0.2) is 4.98 Å². The molecule has 1 aromatic heterocycles. The molecule has 1 amide bonds. The van der Waals surface area contributed by atoms with E-state index in [1.807, 2.05) is 61.5 Å². The Bertz CT molecular complexity index is 901. The van der Waals surface area contributed by atoms with E-state index in [9.17, 15) is 4.79 Å². The van der Waals surface area contributed by atoms with E-state index in [1.54, 1.807) is 6.20 Å². The number of hydrogen-bond acceptors (Lipinski definition) is 3. The molecule has 2 N–H and O–H groups in total. The van der Waals surface area contributed by atoms with Gasteiger partial charge in [0.15, 0.2) is 0 Å². The standard InChI is InChI=1S/C22H23N3O/c1-15(2)18-9-6-7-11-20(18)25-21-13-12-17(14-23-21)24-22(26)19-10-5-4-8-16(19)3/h4-15H,1-3H3,(H,23,25)(H,24,26). The van der Waals surface area contributed by atoms with Crippen molar-refractivity contribution < 1.29 is 4.79 Å². The number of rotatable bonds is 5. The van der Waals surface area contributed by atoms with Gasteiger partial charge in [0.1, 0.15) is 5.82 Å². The van der Waals surface area contributed by atoms with Crippen LogP contribution in [0.2, 0.25) is 0 Å². The van der Waals surface area contributed by atoms with Gasteiger partial charge < -0.3 is 10.6 Å². The fourth-order valence-corrected chi connectivity index (χ4v) is 2.82. The van der Waals surface area contributed by atoms with Crippen LogP contribution in [0.15, 0.2) is 66.9 Å². The molecular formula is C22H23N3O. The van der Waals surface area contributed by atoms with Gasteiger partial charge in [0.05, 0.1) is 11.9 Å². The minimum Gasteiger partial charge on any atom is -0.340 e. The van der Waals surface area contributed by atoms with Crippen molar-refractivity contribution in [3.63, 3.8) is 0 Å². The summed E-state index contributed by atoms with van der Waals surface area (Å²) in [5.74, 6) is 1.04. The lowest BCUT2D eigenvalue weighted by Crippen LogP contribution is -2.13. The lowest BCUT2D eigenvalue weighted by molar-refractivity contribution is 0.102. The van der Waals surface area contributed by atoms with Gasteiger partial charge in [0.2, 0.25) is 0 Å². The van der Waals surface area contributed by atoms with Gasteiger partial charge in [-0.05, 0) is 48.2 Å². The number of carbonyl (C=O) groups is 1. The summed E-state index contributed by atoms with van der Waals surface area (Å²) in [5.41, 5.74) is 4.57. The molecule has 0 saturated heterocycles. The van der Waals surface area contributed by atoms with E-state index in [4.69, 9.17) is 0 Å². The van der Waals surface area contributed by atoms with E-state index in [-0.39, 0.29) is 5.91 Å². The van der Waals surface area contributed by atoms with Crippen LogP contribution >= 0.6 is 0 Å². The second-order valence-corrected chi connectivity index (χ2v) is 6.57. The minimum atomic E-state index is -0.129. The van der Waals surface area contributed by atoms with Crippen molar-refractivity contribution in [3.05, 3.63) is 83.6 Å². The van der Waals surface area contributed by atoms with Gasteiger partial charge in [0.25, 0.3) is 5.91 Å². The number of nitrogens with zero attached hydrogens (tertiary/aromatic N) is 1. The highest BCUT2D eigenvalue weighted by Gasteiger charge is 2.09. The maximum atomic E-state index is 12.4. The Labute approximate surface area is 154 Å². The van der Waals surface area contributed by atoms with E-state index < -0.39 is 0 Å². The number of anilines is 3. The third-order valence-corrected chi connectivity index (χ3v) is 4.26. The summed E-state index contributed by atoms with van der Waals surface area (Å²) in [7, 11) is 0. The average molecular weight is 345 g/mol. The van der Waals surface area contributed by atoms with Crippen LogP contribution in [0.1, 0.15) is 41.3 Å². The van der Waals surface area contributed by atoms with Gasteiger partial charge >= 0.3 is 0 Å². The largest absolute Gasteiger partial charge is 0.340 e. The Morgan fingerprint density at radius 3 is 2.38 bits per heavy atom. The van der Waals surface area contributed by atoms with Crippen molar-refractivity contribution in [2.45, 2.75) is 26.7 Å². The molecule has 2 aromatic carbocycles. The molecule has 0 aliphatic rings. The van der Waals surface area contributed by atoms with Crippen LogP contribution in [-0.2, 0) is 0 Å². The number of para-hydroxylation sites is 1. The topological polar surface area (TPSA) is 54.0 Å². The number of benzene rings is 2. The predicted molar refractivity (Wildman–Crippen MR) is 107 cm³/mol. The van der Waals surface area contributed by atoms with Crippen molar-refractivity contribution in [1.82, 2.24) is 4.98 Å². The molecule has 26 heavy (non-hydrogen) atoms. The summed E-state index contributed by atoms with van der Waals surface area (Å²) in [4.78, 5) is 16.8. The fraction of sp³-hybridized carbons (Fsp3) is 0.182. The molecule has 0 bridgehead atoms. The molecule has 3 rings (SSSR count). The Kier molecular flexibility index (Phi) is 5.32. The van der Waals surface area contributed by atoms with Crippen molar-refractivity contribution in [3.8, 4) is 0 Å². The van der Waals surface area contributed by atoms with E-state index in [0.717, 1.165) is 17.1 Å². The molecule has 0 atom stereocenters. The Balaban J connectivity index is 1.71. The number of pyridine rings is 1. The van der Waals surface area contributed by atoms with Gasteiger partial charge in [-0.15, -0.1) is 0 Å². The summed E-state index contributed by atoms with van der Waals surface area (Å²) < 4.78 is 0. The first-order chi connectivity index (χ1) is 12.5. The van der Waals surface area contributed by atoms with Crippen LogP contribution in [0, 0.1) is 6.92 Å². The number of aryl methyl sites for hydroxylation is 1. The zero-order valence-corrected chi connectivity index (χ0v) is 15.3. The molecular weight excluding hydrogens is 322 g/mol. The first kappa shape index (κ1) is 17.7. The van der Waals surface area contributed by atoms with Crippen LogP contribution in [0.5, 0.6) is 0 Å². The Morgan fingerprint density at radius 2 is 1.69 bits per heavy atom. The Morgan fingerprint density at radius 1 is 0.962 bits per heavy atom. The van der Waals surface area contributed by atoms with E-state index in [2.05, 4.69) is 35.5 Å². The smallest absolute Gasteiger partial charge is 0.255 e. The third-order valence-electron chi connectivity index (χ3n) is 4.26. The number of carbonyl (C=O) groups excluding carboxylic acids is 1. The molecule has 0 aliphatic carbocycles. The number of aromatic nitrogens is 1. The van der Waals surface area contributed by atoms with Crippen LogP contribution < -0.4 is 10.6 Å². The van der Waals surface area contributed by atoms with E-state index in [1.165, 1.54) is 5.56 Å². The second kappa shape index (κ2) is 7.83. The van der Waals surface area contributed by atoms with E-state index >= 15 is 0 Å². The molecule has 4 nitrogen and oxygen atoms in total. The molecule has 3 aromatic rings. The molecule has 0 unspecified atom stereocenters. The summed E-state index contributed by atoms with van der Waals surface area (Å²) in [6.07, 6.45) is 1.66. The quantitative estimate of drug-likeness (QED) is 0.641. The monoisotopic (exact) mass is 345 g/mol. The second-order valence-electron chi connectivity index (χ2n) is 6.57. The first-order valence-electron chi connectivity index (χ1n) is 8.73. The SMILES string of the molecule is Cc1ccccc1C(=O)Nc1ccc(Nc2ccccc2C(C)C)nc1. The highest BCUT2D eigenvalue weighted by molar-refractivity contribution is 6.05. The molecule has 0 aliphatic heterocycles. The van der Waals surface area contributed by atoms with Crippen molar-refractivity contribution in [2.75, 3.05) is 10.6 Å². The van der Waals surface area contributed by atoms with E-state index in [0.29, 0.717) is 17.2 Å². The molecule has 4 heteroatoms. The first-order valence-corrected chi connectivity index (χ1v) is 8.73. The highest BCUT2D eigenvalue weighted by Crippen LogP contribution is 2.26. The zero-order chi connectivity index (χ0) is 18.5. The van der Waals surface area contributed by atoms with Crippen molar-refractivity contribution in [2.24, 2.45) is 0 Å². The number of nitrogens with one attached hydrogen (secondary N) is 2. The lowest BCUT2D eigenvalue weighted by atomic mass is 10.0. The molecule has 0 fully saturated rings. The molecule has 0 saturated carbocycles. The molecule has 132 valence electrons. The number of amides is 1. The highest BCUT2D eigenvalue weighted by atomic mass is 16.1. The molecule has 0 spiro atoms. The fourth-order valence-electron chi connectivity index (χ4n) is 2.82. The maximum absolute atomic E-state index is 12.4. The normalized spacial score (nSPS) is 10.6. The maximum Gasteiger partial charge on any atom is 0.255 e. The summed E-state index contributed by atoms with van der Waals surface area (Å²) in [6, 6.07) is 19.4. The van der Waals surface area contributed by atoms with Gasteiger partial charge in [-0.2, -0.15) is 0 Å². The summed E-state index contributed by atoms with van der Waals surface area (Å²) >= 11 is 0. The zero-order valence-electron chi connectivity index (χ0n) is 15.3. The van der Waals surface area contributed by atoms with Crippen LogP contribution in [0.3, 0.4) is 0 Å². The van der Waals surface area contributed by atoms with Crippen molar-refractivity contribution >= 4 is 23.1 Å². The summed E-state index contributed by atoms with van der Waals surface area (Å²) in [6.45, 7) is 6.25. The van der Waals surface area contributed by atoms with Gasteiger partial charge in [-0.1, -0.05) is 50.2 Å². The van der Waals surface area contributed by atoms with Crippen molar-refractivity contribution in [1.29, 1.82) is 0 Å². The Hall–Kier alpha value is -3.14. The van der Waals surface area contributed by atoms with Gasteiger partial charge in [-0.3, -0.25) is 4.79 Å². The minimum absolute atomic E-state index is 0.129.